The molecule has 0 aromatic heterocycles. The third-order valence-electron chi connectivity index (χ3n) is 9.30. The Balaban J connectivity index is 1.61. The molecule has 4 rings (SSSR count). The fourth-order valence-electron chi connectivity index (χ4n) is 8.13. The van der Waals surface area contributed by atoms with Gasteiger partial charge in [0.15, 0.2) is 5.79 Å². The zero-order chi connectivity index (χ0) is 17.3. The van der Waals surface area contributed by atoms with Crippen molar-refractivity contribution in [1.29, 1.82) is 0 Å². The second-order valence-corrected chi connectivity index (χ2v) is 10.4. The molecule has 0 heterocycles. The van der Waals surface area contributed by atoms with Gasteiger partial charge in [-0.1, -0.05) is 13.8 Å². The first-order valence-corrected chi connectivity index (χ1v) is 10.3. The summed E-state index contributed by atoms with van der Waals surface area (Å²) in [6, 6.07) is 0. The van der Waals surface area contributed by atoms with E-state index < -0.39 is 5.79 Å². The summed E-state index contributed by atoms with van der Waals surface area (Å²) >= 11 is 0. The highest BCUT2D eigenvalue weighted by Crippen LogP contribution is 2.68. The highest BCUT2D eigenvalue weighted by Gasteiger charge is 2.62. The third-order valence-corrected chi connectivity index (χ3v) is 9.30. The van der Waals surface area contributed by atoms with E-state index in [2.05, 4.69) is 13.8 Å². The standard InChI is InChI=1S/C21H36O3/c1-19-10-8-14(22)12-13(19)4-5-15-16-6-7-18(21(3,23)24)20(16,2)11-9-17(15)19/h13-18,22-24H,4-12H2,1-3H3/t13-,14?,15?,16?,17?,18?,19?,20?/m0/s1. The van der Waals surface area contributed by atoms with Gasteiger partial charge in [-0.05, 0) is 99.2 Å². The number of hydrogen-bond acceptors (Lipinski definition) is 3. The molecule has 8 atom stereocenters. The van der Waals surface area contributed by atoms with Crippen LogP contribution in [0.4, 0.5) is 0 Å². The molecule has 0 bridgehead atoms. The first kappa shape index (κ1) is 17.3. The van der Waals surface area contributed by atoms with Crippen LogP contribution in [-0.2, 0) is 0 Å². The molecule has 0 aliphatic heterocycles. The third kappa shape index (κ3) is 2.34. The molecule has 3 nitrogen and oxygen atoms in total. The highest BCUT2D eigenvalue weighted by atomic mass is 16.5. The molecule has 4 aliphatic carbocycles. The van der Waals surface area contributed by atoms with Crippen molar-refractivity contribution < 1.29 is 15.3 Å². The summed E-state index contributed by atoms with van der Waals surface area (Å²) in [5.41, 5.74) is 0.500. The molecule has 0 saturated heterocycles. The van der Waals surface area contributed by atoms with Gasteiger partial charge in [0.2, 0.25) is 0 Å². The number of aliphatic hydroxyl groups excluding tert-OH is 1. The van der Waals surface area contributed by atoms with E-state index in [-0.39, 0.29) is 17.4 Å². The zero-order valence-corrected chi connectivity index (χ0v) is 15.7. The fourth-order valence-corrected chi connectivity index (χ4v) is 8.13. The van der Waals surface area contributed by atoms with Gasteiger partial charge in [0.25, 0.3) is 0 Å². The summed E-state index contributed by atoms with van der Waals surface area (Å²) < 4.78 is 0. The van der Waals surface area contributed by atoms with Crippen molar-refractivity contribution >= 4 is 0 Å². The molecule has 24 heavy (non-hydrogen) atoms. The SMILES string of the molecule is CC(O)(O)C1CCC2C3CC[C@H]4CC(O)CCC4(C)C3CCC21C. The maximum atomic E-state index is 10.3. The molecule has 138 valence electrons. The van der Waals surface area contributed by atoms with Crippen LogP contribution in [-0.4, -0.2) is 27.2 Å². The van der Waals surface area contributed by atoms with Crippen molar-refractivity contribution in [3.8, 4) is 0 Å². The van der Waals surface area contributed by atoms with Crippen molar-refractivity contribution in [2.75, 3.05) is 0 Å². The van der Waals surface area contributed by atoms with Gasteiger partial charge in [0, 0.05) is 5.92 Å². The molecular formula is C21H36O3. The van der Waals surface area contributed by atoms with E-state index in [9.17, 15) is 15.3 Å². The van der Waals surface area contributed by atoms with Crippen LogP contribution in [0.3, 0.4) is 0 Å². The second kappa shape index (κ2) is 5.44. The quantitative estimate of drug-likeness (QED) is 0.640. The van der Waals surface area contributed by atoms with Crippen molar-refractivity contribution in [2.24, 2.45) is 40.4 Å². The molecule has 4 aliphatic rings. The van der Waals surface area contributed by atoms with Crippen LogP contribution in [0.2, 0.25) is 0 Å². The molecule has 3 N–H and O–H groups in total. The minimum Gasteiger partial charge on any atom is -0.393 e. The Bertz CT molecular complexity index is 498. The molecule has 4 fully saturated rings. The molecule has 0 aromatic carbocycles. The molecule has 0 radical (unpaired) electrons. The monoisotopic (exact) mass is 336 g/mol. The maximum absolute atomic E-state index is 10.3. The normalized spacial score (nSPS) is 54.8. The Morgan fingerprint density at radius 3 is 2.21 bits per heavy atom. The van der Waals surface area contributed by atoms with Crippen molar-refractivity contribution in [2.45, 2.75) is 90.4 Å². The van der Waals surface area contributed by atoms with Crippen LogP contribution in [0.1, 0.15) is 78.6 Å². The van der Waals surface area contributed by atoms with Crippen molar-refractivity contribution in [3.63, 3.8) is 0 Å². The van der Waals surface area contributed by atoms with Gasteiger partial charge in [-0.25, -0.2) is 0 Å². The Morgan fingerprint density at radius 1 is 0.833 bits per heavy atom. The fraction of sp³-hybridized carbons (Fsp3) is 1.00. The average molecular weight is 337 g/mol. The Morgan fingerprint density at radius 2 is 1.50 bits per heavy atom. The number of rotatable bonds is 1. The van der Waals surface area contributed by atoms with Crippen LogP contribution in [0.15, 0.2) is 0 Å². The van der Waals surface area contributed by atoms with Crippen LogP contribution >= 0.6 is 0 Å². The van der Waals surface area contributed by atoms with Gasteiger partial charge in [0.05, 0.1) is 6.10 Å². The van der Waals surface area contributed by atoms with Gasteiger partial charge < -0.3 is 15.3 Å². The van der Waals surface area contributed by atoms with E-state index in [1.807, 2.05) is 0 Å². The Hall–Kier alpha value is -0.120. The van der Waals surface area contributed by atoms with E-state index >= 15 is 0 Å². The predicted octanol–water partition coefficient (Wildman–Crippen LogP) is 3.71. The number of aliphatic hydroxyl groups is 3. The van der Waals surface area contributed by atoms with E-state index in [0.717, 1.165) is 37.5 Å². The highest BCUT2D eigenvalue weighted by molar-refractivity contribution is 5.10. The van der Waals surface area contributed by atoms with E-state index in [1.54, 1.807) is 6.92 Å². The lowest BCUT2D eigenvalue weighted by Gasteiger charge is -2.61. The van der Waals surface area contributed by atoms with Crippen molar-refractivity contribution in [3.05, 3.63) is 0 Å². The second-order valence-electron chi connectivity index (χ2n) is 10.4. The van der Waals surface area contributed by atoms with Crippen LogP contribution in [0.25, 0.3) is 0 Å². The largest absolute Gasteiger partial charge is 0.393 e. The number of hydrogen-bond donors (Lipinski definition) is 3. The summed E-state index contributed by atoms with van der Waals surface area (Å²) in [4.78, 5) is 0. The summed E-state index contributed by atoms with van der Waals surface area (Å²) in [6.45, 7) is 6.45. The minimum absolute atomic E-state index is 0.0228. The molecule has 0 aromatic rings. The minimum atomic E-state index is -1.54. The lowest BCUT2D eigenvalue weighted by Crippen LogP contribution is -2.55. The zero-order valence-electron chi connectivity index (χ0n) is 15.7. The Kier molecular flexibility index (Phi) is 3.92. The van der Waals surface area contributed by atoms with Gasteiger partial charge in [-0.2, -0.15) is 0 Å². The smallest absolute Gasteiger partial charge is 0.163 e. The van der Waals surface area contributed by atoms with Gasteiger partial charge >= 0.3 is 0 Å². The topological polar surface area (TPSA) is 60.7 Å². The lowest BCUT2D eigenvalue weighted by molar-refractivity contribution is -0.222. The molecular weight excluding hydrogens is 300 g/mol. The van der Waals surface area contributed by atoms with Gasteiger partial charge in [-0.3, -0.25) is 0 Å². The molecule has 4 saturated carbocycles. The summed E-state index contributed by atoms with van der Waals surface area (Å²) in [6.07, 6.45) is 10.2. The summed E-state index contributed by atoms with van der Waals surface area (Å²) in [5, 5.41) is 30.7. The molecule has 0 spiro atoms. The van der Waals surface area contributed by atoms with Crippen LogP contribution < -0.4 is 0 Å². The summed E-state index contributed by atoms with van der Waals surface area (Å²) in [7, 11) is 0. The van der Waals surface area contributed by atoms with Gasteiger partial charge in [0.1, 0.15) is 0 Å². The summed E-state index contributed by atoms with van der Waals surface area (Å²) in [5.74, 6) is 1.38. The average Bonchev–Trinajstić information content (AvgIpc) is 2.85. The van der Waals surface area contributed by atoms with Crippen molar-refractivity contribution in [1.82, 2.24) is 0 Å². The van der Waals surface area contributed by atoms with Gasteiger partial charge in [-0.15, -0.1) is 0 Å². The molecule has 0 amide bonds. The number of fused-ring (bicyclic) bond motifs is 5. The van der Waals surface area contributed by atoms with E-state index in [4.69, 9.17) is 0 Å². The Labute approximate surface area is 146 Å². The molecule has 7 unspecified atom stereocenters. The van der Waals surface area contributed by atoms with Crippen LogP contribution in [0.5, 0.6) is 0 Å². The molecule has 3 heteroatoms. The first-order chi connectivity index (χ1) is 11.2. The first-order valence-electron chi connectivity index (χ1n) is 10.3. The lowest BCUT2D eigenvalue weighted by atomic mass is 9.44. The van der Waals surface area contributed by atoms with E-state index in [0.29, 0.717) is 17.3 Å². The van der Waals surface area contributed by atoms with E-state index in [1.165, 1.54) is 32.1 Å². The predicted molar refractivity (Wildman–Crippen MR) is 94.1 cm³/mol. The van der Waals surface area contributed by atoms with Crippen LogP contribution in [0, 0.1) is 40.4 Å². The maximum Gasteiger partial charge on any atom is 0.163 e.